The summed E-state index contributed by atoms with van der Waals surface area (Å²) in [6.07, 6.45) is 4.39. The first-order valence-electron chi connectivity index (χ1n) is 13.8. The molecule has 4 aromatic rings. The molecule has 42 heavy (non-hydrogen) atoms. The van der Waals surface area contributed by atoms with E-state index in [2.05, 4.69) is 56.3 Å². The van der Waals surface area contributed by atoms with E-state index in [9.17, 15) is 17.6 Å². The van der Waals surface area contributed by atoms with Crippen LogP contribution in [0.3, 0.4) is 0 Å². The van der Waals surface area contributed by atoms with Gasteiger partial charge in [0.1, 0.15) is 4.90 Å². The van der Waals surface area contributed by atoms with Gasteiger partial charge in [0.2, 0.25) is 11.9 Å². The topological polar surface area (TPSA) is 123 Å². The fourth-order valence-corrected chi connectivity index (χ4v) is 6.17. The van der Waals surface area contributed by atoms with Crippen LogP contribution in [0.25, 0.3) is 22.2 Å². The van der Waals surface area contributed by atoms with Gasteiger partial charge in [-0.15, -0.1) is 0 Å². The Kier molecular flexibility index (Phi) is 8.06. The second-order valence-electron chi connectivity index (χ2n) is 11.2. The normalized spacial score (nSPS) is 19.1. The van der Waals surface area contributed by atoms with Gasteiger partial charge in [0.15, 0.2) is 15.7 Å². The number of carbonyl (C=O) groups excluding carboxylic acids is 1. The largest absolute Gasteiger partial charge is 0.359 e. The van der Waals surface area contributed by atoms with Gasteiger partial charge in [-0.3, -0.25) is 14.6 Å². The molecule has 1 aliphatic rings. The van der Waals surface area contributed by atoms with Crippen molar-refractivity contribution in [2.75, 3.05) is 37.0 Å². The van der Waals surface area contributed by atoms with E-state index in [0.717, 1.165) is 41.4 Å². The second-order valence-corrected chi connectivity index (χ2v) is 13.1. The zero-order chi connectivity index (χ0) is 30.3. The molecule has 1 unspecified atom stereocenters. The highest BCUT2D eigenvalue weighted by Crippen LogP contribution is 2.34. The van der Waals surface area contributed by atoms with Crippen molar-refractivity contribution in [3.8, 4) is 11.3 Å². The molecule has 1 saturated heterocycles. The third-order valence-electron chi connectivity index (χ3n) is 8.12. The fraction of sp³-hybridized carbons (Fsp3) is 0.367. The van der Waals surface area contributed by atoms with Crippen LogP contribution >= 0.6 is 0 Å². The molecule has 12 heteroatoms. The van der Waals surface area contributed by atoms with Crippen molar-refractivity contribution in [2.45, 2.75) is 50.7 Å². The number of benzene rings is 2. The van der Waals surface area contributed by atoms with Crippen LogP contribution in [0.15, 0.2) is 53.7 Å². The Labute approximate surface area is 245 Å². The summed E-state index contributed by atoms with van der Waals surface area (Å²) in [6.45, 7) is 9.79. The van der Waals surface area contributed by atoms with E-state index in [-0.39, 0.29) is 23.6 Å². The first kappa shape index (κ1) is 29.6. The average molecular weight is 594 g/mol. The van der Waals surface area contributed by atoms with Gasteiger partial charge in [-0.25, -0.2) is 22.8 Å². The van der Waals surface area contributed by atoms with Crippen LogP contribution in [0.5, 0.6) is 0 Å². The Morgan fingerprint density at radius 3 is 2.48 bits per heavy atom. The first-order valence-corrected chi connectivity index (χ1v) is 15.7. The lowest BCUT2D eigenvalue weighted by Gasteiger charge is -2.44. The van der Waals surface area contributed by atoms with E-state index in [4.69, 9.17) is 0 Å². The summed E-state index contributed by atoms with van der Waals surface area (Å²) in [6, 6.07) is 10.2. The minimum Gasteiger partial charge on any atom is -0.359 e. The van der Waals surface area contributed by atoms with E-state index < -0.39 is 20.5 Å². The standard InChI is InChI=1S/C30H36FN7O3S/c1-17-13-33-30(35-23-10-8-12-25(26(23)31)42(6,40)41)36-27(17)22-14-32-28-21(22)9-7-11-24(28)34-29(39)20(4)38-15-18(2)37(5)19(3)16-38/h7-14,18-20,32H,15-16H2,1-6H3,(H,34,39)(H,33,35,36)/t18-,19-,20?/m0/s1. The van der Waals surface area contributed by atoms with Gasteiger partial charge in [-0.2, -0.15) is 0 Å². The first-order chi connectivity index (χ1) is 19.8. The van der Waals surface area contributed by atoms with E-state index in [1.165, 1.54) is 18.2 Å². The van der Waals surface area contributed by atoms with Crippen LogP contribution in [0.2, 0.25) is 0 Å². The highest BCUT2D eigenvalue weighted by molar-refractivity contribution is 7.90. The highest BCUT2D eigenvalue weighted by atomic mass is 32.2. The summed E-state index contributed by atoms with van der Waals surface area (Å²) in [5.74, 6) is -0.859. The molecule has 1 amide bonds. The number of carbonyl (C=O) groups is 1. The van der Waals surface area contributed by atoms with Crippen LogP contribution in [-0.2, 0) is 14.6 Å². The molecule has 0 bridgehead atoms. The Morgan fingerprint density at radius 1 is 1.12 bits per heavy atom. The maximum atomic E-state index is 15.0. The molecule has 3 N–H and O–H groups in total. The number of halogens is 1. The highest BCUT2D eigenvalue weighted by Gasteiger charge is 2.32. The molecule has 1 aliphatic heterocycles. The van der Waals surface area contributed by atoms with Crippen molar-refractivity contribution in [3.05, 3.63) is 60.2 Å². The number of anilines is 3. The van der Waals surface area contributed by atoms with E-state index in [1.54, 1.807) is 6.20 Å². The quantitative estimate of drug-likeness (QED) is 0.285. The number of fused-ring (bicyclic) bond motifs is 1. The summed E-state index contributed by atoms with van der Waals surface area (Å²) in [5.41, 5.74) is 3.55. The van der Waals surface area contributed by atoms with Gasteiger partial charge in [-0.1, -0.05) is 18.2 Å². The molecule has 3 heterocycles. The van der Waals surface area contributed by atoms with Crippen molar-refractivity contribution >= 4 is 44.0 Å². The molecule has 1 fully saturated rings. The zero-order valence-corrected chi connectivity index (χ0v) is 25.4. The molecule has 222 valence electrons. The zero-order valence-electron chi connectivity index (χ0n) is 24.6. The molecule has 0 saturated carbocycles. The van der Waals surface area contributed by atoms with Crippen LogP contribution < -0.4 is 10.6 Å². The van der Waals surface area contributed by atoms with E-state index >= 15 is 0 Å². The summed E-state index contributed by atoms with van der Waals surface area (Å²) in [5, 5.41) is 6.77. The summed E-state index contributed by atoms with van der Waals surface area (Å²) in [4.78, 5) is 29.7. The minimum atomic E-state index is -3.75. The number of nitrogens with one attached hydrogen (secondary N) is 3. The second kappa shape index (κ2) is 11.4. The third-order valence-corrected chi connectivity index (χ3v) is 9.24. The minimum absolute atomic E-state index is 0.0464. The molecule has 2 aromatic carbocycles. The number of hydrogen-bond acceptors (Lipinski definition) is 8. The summed E-state index contributed by atoms with van der Waals surface area (Å²) < 4.78 is 38.9. The number of piperazine rings is 1. The fourth-order valence-electron chi connectivity index (χ4n) is 5.41. The lowest BCUT2D eigenvalue weighted by atomic mass is 10.1. The molecule has 10 nitrogen and oxygen atoms in total. The van der Waals surface area contributed by atoms with Crippen molar-refractivity contribution in [1.29, 1.82) is 0 Å². The molecular weight excluding hydrogens is 557 g/mol. The lowest BCUT2D eigenvalue weighted by Crippen LogP contribution is -2.58. The molecule has 0 radical (unpaired) electrons. The van der Waals surface area contributed by atoms with Gasteiger partial charge in [0, 0.05) is 54.8 Å². The number of likely N-dealkylation sites (N-methyl/N-ethyl adjacent to an activating group) is 1. The van der Waals surface area contributed by atoms with Gasteiger partial charge < -0.3 is 15.6 Å². The maximum absolute atomic E-state index is 15.0. The van der Waals surface area contributed by atoms with Crippen LogP contribution in [0.1, 0.15) is 26.3 Å². The number of amides is 1. The lowest BCUT2D eigenvalue weighted by molar-refractivity contribution is -0.122. The number of para-hydroxylation sites is 1. The number of H-pyrrole nitrogens is 1. The number of rotatable bonds is 7. The van der Waals surface area contributed by atoms with Gasteiger partial charge in [0.25, 0.3) is 0 Å². The number of aryl methyl sites for hydroxylation is 1. The SMILES string of the molecule is Cc1cnc(Nc2cccc(S(C)(=O)=O)c2F)nc1-c1c[nH]c2c(NC(=O)C(C)N3C[C@H](C)N(C)[C@@H](C)C3)cccc12. The molecule has 2 aromatic heterocycles. The van der Waals surface area contributed by atoms with Crippen LogP contribution in [0.4, 0.5) is 21.7 Å². The number of hydrogen-bond donors (Lipinski definition) is 3. The Bertz CT molecular complexity index is 1750. The maximum Gasteiger partial charge on any atom is 0.241 e. The van der Waals surface area contributed by atoms with Crippen molar-refractivity contribution < 1.29 is 17.6 Å². The number of nitrogens with zero attached hydrogens (tertiary/aromatic N) is 4. The van der Waals surface area contributed by atoms with Crippen molar-refractivity contribution in [3.63, 3.8) is 0 Å². The molecule has 3 atom stereocenters. The molecule has 0 spiro atoms. The number of aromatic amines is 1. The summed E-state index contributed by atoms with van der Waals surface area (Å²) in [7, 11) is -1.63. The third kappa shape index (κ3) is 5.74. The van der Waals surface area contributed by atoms with E-state index in [1.807, 2.05) is 38.2 Å². The monoisotopic (exact) mass is 593 g/mol. The Hall–Kier alpha value is -3.87. The number of sulfone groups is 1. The smallest absolute Gasteiger partial charge is 0.241 e. The molecule has 5 rings (SSSR count). The van der Waals surface area contributed by atoms with Crippen LogP contribution in [-0.4, -0.2) is 83.6 Å². The Balaban J connectivity index is 1.41. The predicted octanol–water partition coefficient (Wildman–Crippen LogP) is 4.57. The van der Waals surface area contributed by atoms with Crippen LogP contribution in [0, 0.1) is 12.7 Å². The van der Waals surface area contributed by atoms with Gasteiger partial charge in [-0.05, 0) is 58.5 Å². The molecule has 0 aliphatic carbocycles. The predicted molar refractivity (Wildman–Crippen MR) is 163 cm³/mol. The number of aromatic nitrogens is 3. The van der Waals surface area contributed by atoms with Crippen molar-refractivity contribution in [1.82, 2.24) is 24.8 Å². The van der Waals surface area contributed by atoms with Crippen molar-refractivity contribution in [2.24, 2.45) is 0 Å². The molecular formula is C30H36FN7O3S. The Morgan fingerprint density at radius 2 is 1.79 bits per heavy atom. The van der Waals surface area contributed by atoms with E-state index in [0.29, 0.717) is 23.5 Å². The summed E-state index contributed by atoms with van der Waals surface area (Å²) >= 11 is 0. The van der Waals surface area contributed by atoms with Gasteiger partial charge >= 0.3 is 0 Å². The van der Waals surface area contributed by atoms with Gasteiger partial charge in [0.05, 0.1) is 28.6 Å². The average Bonchev–Trinajstić information content (AvgIpc) is 3.37.